The molecule has 6 nitrogen and oxygen atoms in total. The van der Waals surface area contributed by atoms with Crippen LogP contribution < -0.4 is 5.32 Å². The highest BCUT2D eigenvalue weighted by atomic mass is 16.2. The molecule has 1 aliphatic heterocycles. The molecule has 6 heteroatoms. The van der Waals surface area contributed by atoms with Gasteiger partial charge in [-0.15, -0.1) is 0 Å². The number of rotatable bonds is 7. The van der Waals surface area contributed by atoms with Crippen LogP contribution in [-0.2, 0) is 9.59 Å². The molecular formula is C25H39N3O3. The van der Waals surface area contributed by atoms with Crippen LogP contribution in [0, 0.1) is 18.3 Å². The van der Waals surface area contributed by atoms with Gasteiger partial charge in [-0.3, -0.25) is 14.4 Å². The van der Waals surface area contributed by atoms with E-state index in [0.717, 1.165) is 5.56 Å². The van der Waals surface area contributed by atoms with Crippen molar-refractivity contribution in [1.29, 1.82) is 0 Å². The average molecular weight is 430 g/mol. The lowest BCUT2D eigenvalue weighted by Gasteiger charge is -2.38. The zero-order valence-electron chi connectivity index (χ0n) is 20.0. The van der Waals surface area contributed by atoms with E-state index in [1.165, 1.54) is 0 Å². The molecule has 0 aromatic heterocycles. The standard InChI is InChI=1S/C25H39N3O3/c1-7-27(8-2)24(31)22(26-23(30)20-11-9-18(3)10-12-20)19-13-15-28(16-14-19)21(29)17-25(4,5)6/h9-12,19,22H,7-8,13-17H2,1-6H3,(H,26,30). The zero-order valence-corrected chi connectivity index (χ0v) is 20.0. The number of aryl methyl sites for hydroxylation is 1. The maximum Gasteiger partial charge on any atom is 0.251 e. The molecule has 1 heterocycles. The van der Waals surface area contributed by atoms with Crippen LogP contribution in [0.25, 0.3) is 0 Å². The van der Waals surface area contributed by atoms with E-state index in [-0.39, 0.29) is 29.1 Å². The first-order valence-electron chi connectivity index (χ1n) is 11.5. The van der Waals surface area contributed by atoms with Gasteiger partial charge in [0.25, 0.3) is 5.91 Å². The van der Waals surface area contributed by atoms with Gasteiger partial charge >= 0.3 is 0 Å². The van der Waals surface area contributed by atoms with Crippen molar-refractivity contribution < 1.29 is 14.4 Å². The van der Waals surface area contributed by atoms with Crippen LogP contribution in [0.4, 0.5) is 0 Å². The smallest absolute Gasteiger partial charge is 0.251 e. The van der Waals surface area contributed by atoms with Gasteiger partial charge in [0.15, 0.2) is 0 Å². The maximum absolute atomic E-state index is 13.3. The van der Waals surface area contributed by atoms with Gasteiger partial charge in [0.1, 0.15) is 6.04 Å². The van der Waals surface area contributed by atoms with Crippen LogP contribution in [0.3, 0.4) is 0 Å². The highest BCUT2D eigenvalue weighted by Gasteiger charge is 2.36. The molecule has 0 aliphatic carbocycles. The van der Waals surface area contributed by atoms with Gasteiger partial charge in [0.2, 0.25) is 11.8 Å². The van der Waals surface area contributed by atoms with E-state index < -0.39 is 6.04 Å². The summed E-state index contributed by atoms with van der Waals surface area (Å²) in [5, 5.41) is 3.02. The van der Waals surface area contributed by atoms with E-state index in [2.05, 4.69) is 26.1 Å². The van der Waals surface area contributed by atoms with Crippen molar-refractivity contribution in [3.8, 4) is 0 Å². The van der Waals surface area contributed by atoms with Crippen molar-refractivity contribution in [2.75, 3.05) is 26.2 Å². The van der Waals surface area contributed by atoms with Gasteiger partial charge in [-0.25, -0.2) is 0 Å². The van der Waals surface area contributed by atoms with Crippen LogP contribution in [0.1, 0.15) is 69.8 Å². The SMILES string of the molecule is CCN(CC)C(=O)C(NC(=O)c1ccc(C)cc1)C1CCN(C(=O)CC(C)(C)C)CC1. The molecule has 2 rings (SSSR count). The first-order valence-corrected chi connectivity index (χ1v) is 11.5. The summed E-state index contributed by atoms with van der Waals surface area (Å²) in [6.45, 7) is 14.5. The van der Waals surface area contributed by atoms with Crippen molar-refractivity contribution >= 4 is 17.7 Å². The maximum atomic E-state index is 13.3. The third kappa shape index (κ3) is 7.08. The molecule has 0 bridgehead atoms. The van der Waals surface area contributed by atoms with E-state index in [1.807, 2.05) is 37.8 Å². The highest BCUT2D eigenvalue weighted by molar-refractivity contribution is 5.97. The minimum atomic E-state index is -0.575. The molecular weight excluding hydrogens is 390 g/mol. The minimum absolute atomic E-state index is 0.0150. The largest absolute Gasteiger partial charge is 0.343 e. The number of benzene rings is 1. The van der Waals surface area contributed by atoms with Crippen LogP contribution in [0.5, 0.6) is 0 Å². The zero-order chi connectivity index (χ0) is 23.2. The van der Waals surface area contributed by atoms with E-state index in [4.69, 9.17) is 0 Å². The van der Waals surface area contributed by atoms with Crippen LogP contribution in [0.2, 0.25) is 0 Å². The molecule has 0 saturated carbocycles. The Kier molecular flexibility index (Phi) is 8.66. The number of piperidine rings is 1. The summed E-state index contributed by atoms with van der Waals surface area (Å²) in [6, 6.07) is 6.80. The molecule has 31 heavy (non-hydrogen) atoms. The van der Waals surface area contributed by atoms with Gasteiger partial charge in [0.05, 0.1) is 0 Å². The minimum Gasteiger partial charge on any atom is -0.343 e. The number of carbonyl (C=O) groups excluding carboxylic acids is 3. The molecule has 1 N–H and O–H groups in total. The molecule has 172 valence electrons. The number of hydrogen-bond donors (Lipinski definition) is 1. The molecule has 1 saturated heterocycles. The molecule has 1 aromatic carbocycles. The van der Waals surface area contributed by atoms with E-state index in [9.17, 15) is 14.4 Å². The number of nitrogens with zero attached hydrogens (tertiary/aromatic N) is 2. The predicted octanol–water partition coefficient (Wildman–Crippen LogP) is 3.64. The number of likely N-dealkylation sites (tertiary alicyclic amines) is 1. The van der Waals surface area contributed by atoms with Crippen LogP contribution in [-0.4, -0.2) is 59.7 Å². The van der Waals surface area contributed by atoms with Crippen molar-refractivity contribution in [2.45, 2.75) is 66.8 Å². The third-order valence-electron chi connectivity index (χ3n) is 5.99. The highest BCUT2D eigenvalue weighted by Crippen LogP contribution is 2.26. The molecule has 0 radical (unpaired) electrons. The number of likely N-dealkylation sites (N-methyl/N-ethyl adjacent to an activating group) is 1. The Morgan fingerprint density at radius 2 is 1.61 bits per heavy atom. The average Bonchev–Trinajstić information content (AvgIpc) is 2.72. The topological polar surface area (TPSA) is 69.7 Å². The second-order valence-electron chi connectivity index (χ2n) is 9.78. The normalized spacial score (nSPS) is 16.0. The Morgan fingerprint density at radius 1 is 1.06 bits per heavy atom. The first kappa shape index (κ1) is 24.9. The molecule has 1 aliphatic rings. The predicted molar refractivity (Wildman–Crippen MR) is 124 cm³/mol. The summed E-state index contributed by atoms with van der Waals surface area (Å²) < 4.78 is 0. The molecule has 1 atom stereocenters. The Bertz CT molecular complexity index is 755. The summed E-state index contributed by atoms with van der Waals surface area (Å²) >= 11 is 0. The fourth-order valence-corrected chi connectivity index (χ4v) is 4.09. The Labute approximate surface area is 187 Å². The fourth-order valence-electron chi connectivity index (χ4n) is 4.09. The molecule has 1 fully saturated rings. The van der Waals surface area contributed by atoms with Gasteiger partial charge in [-0.2, -0.15) is 0 Å². The monoisotopic (exact) mass is 429 g/mol. The number of carbonyl (C=O) groups is 3. The van der Waals surface area contributed by atoms with Crippen molar-refractivity contribution in [3.63, 3.8) is 0 Å². The van der Waals surface area contributed by atoms with E-state index in [0.29, 0.717) is 51.0 Å². The number of amides is 3. The van der Waals surface area contributed by atoms with Gasteiger partial charge in [-0.05, 0) is 57.1 Å². The first-order chi connectivity index (χ1) is 14.6. The lowest BCUT2D eigenvalue weighted by molar-refractivity contribution is -0.136. The van der Waals surface area contributed by atoms with Crippen molar-refractivity contribution in [3.05, 3.63) is 35.4 Å². The fraction of sp³-hybridized carbons (Fsp3) is 0.640. The number of nitrogens with one attached hydrogen (secondary N) is 1. The number of hydrogen-bond acceptors (Lipinski definition) is 3. The summed E-state index contributed by atoms with van der Waals surface area (Å²) in [6.07, 6.45) is 1.94. The lowest BCUT2D eigenvalue weighted by atomic mass is 9.86. The van der Waals surface area contributed by atoms with E-state index in [1.54, 1.807) is 17.0 Å². The molecule has 1 unspecified atom stereocenters. The Hall–Kier alpha value is -2.37. The third-order valence-corrected chi connectivity index (χ3v) is 5.99. The second-order valence-corrected chi connectivity index (χ2v) is 9.78. The van der Waals surface area contributed by atoms with Crippen molar-refractivity contribution in [2.24, 2.45) is 11.3 Å². The summed E-state index contributed by atoms with van der Waals surface area (Å²) in [4.78, 5) is 42.4. The van der Waals surface area contributed by atoms with Gasteiger partial charge in [-0.1, -0.05) is 38.5 Å². The molecule has 0 spiro atoms. The van der Waals surface area contributed by atoms with Gasteiger partial charge in [0, 0.05) is 38.2 Å². The van der Waals surface area contributed by atoms with Crippen LogP contribution in [0.15, 0.2) is 24.3 Å². The molecule has 1 aromatic rings. The van der Waals surface area contributed by atoms with E-state index >= 15 is 0 Å². The Balaban J connectivity index is 2.12. The van der Waals surface area contributed by atoms with Gasteiger partial charge < -0.3 is 15.1 Å². The molecule has 3 amide bonds. The second kappa shape index (κ2) is 10.8. The summed E-state index contributed by atoms with van der Waals surface area (Å²) in [5.41, 5.74) is 1.59. The lowest BCUT2D eigenvalue weighted by Crippen LogP contribution is -2.54. The van der Waals surface area contributed by atoms with Crippen LogP contribution >= 0.6 is 0 Å². The quantitative estimate of drug-likeness (QED) is 0.719. The van der Waals surface area contributed by atoms with Crippen molar-refractivity contribution in [1.82, 2.24) is 15.1 Å². The Morgan fingerprint density at radius 3 is 2.10 bits per heavy atom. The summed E-state index contributed by atoms with van der Waals surface area (Å²) in [5.74, 6) is -0.0795. The summed E-state index contributed by atoms with van der Waals surface area (Å²) in [7, 11) is 0.